The van der Waals surface area contributed by atoms with Crippen LogP contribution in [-0.2, 0) is 0 Å². The third kappa shape index (κ3) is 3.56. The smallest absolute Gasteiger partial charge is 0.203 e. The maximum absolute atomic E-state index is 5.45. The molecule has 0 saturated carbocycles. The Morgan fingerprint density at radius 3 is 2.13 bits per heavy atom. The molecule has 0 N–H and O–H groups in total. The van der Waals surface area contributed by atoms with Crippen LogP contribution in [0.25, 0.3) is 0 Å². The Bertz CT molecular complexity index is 710. The van der Waals surface area contributed by atoms with E-state index in [0.717, 1.165) is 22.6 Å². The lowest BCUT2D eigenvalue weighted by Crippen LogP contribution is -1.98. The molecule has 122 valence electrons. The molecule has 2 aromatic carbocycles. The van der Waals surface area contributed by atoms with Gasteiger partial charge in [-0.15, -0.1) is 0 Å². The Labute approximate surface area is 136 Å². The number of benzene rings is 2. The molecule has 0 aliphatic carbocycles. The minimum Gasteiger partial charge on any atom is -0.497 e. The van der Waals surface area contributed by atoms with Crippen molar-refractivity contribution in [2.45, 2.75) is 6.92 Å². The number of rotatable bonds is 6. The summed E-state index contributed by atoms with van der Waals surface area (Å²) in [5, 5.41) is 0. The third-order valence-electron chi connectivity index (χ3n) is 3.48. The molecule has 2 rings (SSSR count). The zero-order valence-corrected chi connectivity index (χ0v) is 14.0. The molecule has 0 spiro atoms. The van der Waals surface area contributed by atoms with E-state index in [1.54, 1.807) is 34.7 Å². The molecule has 0 atom stereocenters. The Hall–Kier alpha value is -2.69. The molecule has 2 aromatic rings. The van der Waals surface area contributed by atoms with Gasteiger partial charge in [0, 0.05) is 11.8 Å². The largest absolute Gasteiger partial charge is 0.497 e. The maximum Gasteiger partial charge on any atom is 0.203 e. The molecule has 0 radical (unpaired) electrons. The van der Waals surface area contributed by atoms with Gasteiger partial charge in [-0.1, -0.05) is 0 Å². The summed E-state index contributed by atoms with van der Waals surface area (Å²) < 4.78 is 21.3. The summed E-state index contributed by atoms with van der Waals surface area (Å²) in [6.45, 7) is 1.99. The van der Waals surface area contributed by atoms with E-state index in [9.17, 15) is 0 Å². The van der Waals surface area contributed by atoms with E-state index >= 15 is 0 Å². The normalized spacial score (nSPS) is 10.7. The van der Waals surface area contributed by atoms with Gasteiger partial charge in [0.2, 0.25) is 5.75 Å². The molecule has 0 aliphatic heterocycles. The van der Waals surface area contributed by atoms with Crippen molar-refractivity contribution in [1.29, 1.82) is 0 Å². The molecule has 0 amide bonds. The Morgan fingerprint density at radius 1 is 0.826 bits per heavy atom. The molecule has 0 bridgehead atoms. The van der Waals surface area contributed by atoms with Gasteiger partial charge in [-0.05, 0) is 42.8 Å². The summed E-state index contributed by atoms with van der Waals surface area (Å²) in [5.74, 6) is 2.56. The summed E-state index contributed by atoms with van der Waals surface area (Å²) in [5.41, 5.74) is 2.70. The third-order valence-corrected chi connectivity index (χ3v) is 3.48. The first kappa shape index (κ1) is 16.7. The maximum atomic E-state index is 5.45. The van der Waals surface area contributed by atoms with Crippen LogP contribution >= 0.6 is 0 Å². The van der Waals surface area contributed by atoms with Crippen molar-refractivity contribution in [3.8, 4) is 23.0 Å². The highest BCUT2D eigenvalue weighted by Crippen LogP contribution is 2.39. The van der Waals surface area contributed by atoms with Crippen LogP contribution in [0.4, 0.5) is 5.69 Å². The van der Waals surface area contributed by atoms with Crippen LogP contribution in [0.2, 0.25) is 0 Å². The topological polar surface area (TPSA) is 49.3 Å². The second-order valence-electron chi connectivity index (χ2n) is 4.83. The molecule has 5 heteroatoms. The second kappa shape index (κ2) is 7.54. The first-order valence-electron chi connectivity index (χ1n) is 7.12. The Kier molecular flexibility index (Phi) is 5.46. The molecular weight excluding hydrogens is 294 g/mol. The Morgan fingerprint density at radius 2 is 1.57 bits per heavy atom. The standard InChI is InChI=1S/C18H21NO4/c1-12-10-14(20-2)7-8-15(12)19-11-13-6-9-16(21-3)18(23-5)17(13)22-4/h6-11H,1-5H3. The van der Waals surface area contributed by atoms with Crippen LogP contribution in [0.5, 0.6) is 23.0 Å². The van der Waals surface area contributed by atoms with Gasteiger partial charge in [-0.25, -0.2) is 0 Å². The molecule has 23 heavy (non-hydrogen) atoms. The van der Waals surface area contributed by atoms with E-state index in [-0.39, 0.29) is 0 Å². The summed E-state index contributed by atoms with van der Waals surface area (Å²) in [6, 6.07) is 9.44. The molecular formula is C18H21NO4. The van der Waals surface area contributed by atoms with Crippen molar-refractivity contribution >= 4 is 11.9 Å². The summed E-state index contributed by atoms with van der Waals surface area (Å²) >= 11 is 0. The number of methoxy groups -OCH3 is 4. The zero-order valence-electron chi connectivity index (χ0n) is 14.0. The predicted molar refractivity (Wildman–Crippen MR) is 91.1 cm³/mol. The van der Waals surface area contributed by atoms with Crippen LogP contribution in [0.1, 0.15) is 11.1 Å². The molecule has 0 heterocycles. The van der Waals surface area contributed by atoms with Gasteiger partial charge in [-0.3, -0.25) is 4.99 Å². The van der Waals surface area contributed by atoms with E-state index in [4.69, 9.17) is 18.9 Å². The van der Waals surface area contributed by atoms with E-state index in [2.05, 4.69) is 4.99 Å². The van der Waals surface area contributed by atoms with Crippen molar-refractivity contribution < 1.29 is 18.9 Å². The molecule has 0 fully saturated rings. The van der Waals surface area contributed by atoms with Gasteiger partial charge in [-0.2, -0.15) is 0 Å². The second-order valence-corrected chi connectivity index (χ2v) is 4.83. The number of aliphatic imine (C=N–C) groups is 1. The quantitative estimate of drug-likeness (QED) is 0.761. The summed E-state index contributed by atoms with van der Waals surface area (Å²) in [4.78, 5) is 4.53. The summed E-state index contributed by atoms with van der Waals surface area (Å²) in [6.07, 6.45) is 1.75. The van der Waals surface area contributed by atoms with Crippen molar-refractivity contribution in [2.75, 3.05) is 28.4 Å². The average molecular weight is 315 g/mol. The minimum atomic E-state index is 0.547. The van der Waals surface area contributed by atoms with Crippen LogP contribution in [0, 0.1) is 6.92 Å². The molecule has 5 nitrogen and oxygen atoms in total. The number of ether oxygens (including phenoxy) is 4. The first-order chi connectivity index (χ1) is 11.1. The van der Waals surface area contributed by atoms with E-state index < -0.39 is 0 Å². The van der Waals surface area contributed by atoms with Crippen molar-refractivity contribution in [3.05, 3.63) is 41.5 Å². The first-order valence-corrected chi connectivity index (χ1v) is 7.12. The van der Waals surface area contributed by atoms with Gasteiger partial charge in [0.15, 0.2) is 11.5 Å². The molecule has 0 saturated heterocycles. The van der Waals surface area contributed by atoms with E-state index in [1.165, 1.54) is 0 Å². The van der Waals surface area contributed by atoms with Crippen molar-refractivity contribution in [3.63, 3.8) is 0 Å². The molecule has 0 unspecified atom stereocenters. The monoisotopic (exact) mass is 315 g/mol. The van der Waals surface area contributed by atoms with Crippen LogP contribution in [0.15, 0.2) is 35.3 Å². The highest BCUT2D eigenvalue weighted by atomic mass is 16.5. The van der Waals surface area contributed by atoms with E-state index in [0.29, 0.717) is 17.2 Å². The number of aryl methyl sites for hydroxylation is 1. The molecule has 0 aromatic heterocycles. The van der Waals surface area contributed by atoms with Crippen molar-refractivity contribution in [1.82, 2.24) is 0 Å². The van der Waals surface area contributed by atoms with Gasteiger partial charge in [0.25, 0.3) is 0 Å². The zero-order chi connectivity index (χ0) is 16.8. The lowest BCUT2D eigenvalue weighted by atomic mass is 10.1. The fraction of sp³-hybridized carbons (Fsp3) is 0.278. The fourth-order valence-electron chi connectivity index (χ4n) is 2.26. The number of nitrogens with zero attached hydrogens (tertiary/aromatic N) is 1. The lowest BCUT2D eigenvalue weighted by molar-refractivity contribution is 0.324. The van der Waals surface area contributed by atoms with Gasteiger partial charge < -0.3 is 18.9 Å². The number of hydrogen-bond donors (Lipinski definition) is 0. The van der Waals surface area contributed by atoms with Crippen LogP contribution in [0.3, 0.4) is 0 Å². The Balaban J connectivity index is 2.39. The SMILES string of the molecule is COc1ccc(N=Cc2ccc(OC)c(OC)c2OC)c(C)c1. The van der Waals surface area contributed by atoms with Crippen LogP contribution < -0.4 is 18.9 Å². The predicted octanol–water partition coefficient (Wildman–Crippen LogP) is 3.78. The van der Waals surface area contributed by atoms with Crippen LogP contribution in [-0.4, -0.2) is 34.7 Å². The highest BCUT2D eigenvalue weighted by molar-refractivity contribution is 5.88. The lowest BCUT2D eigenvalue weighted by Gasteiger charge is -2.13. The highest BCUT2D eigenvalue weighted by Gasteiger charge is 2.14. The minimum absolute atomic E-state index is 0.547. The fourth-order valence-corrected chi connectivity index (χ4v) is 2.26. The van der Waals surface area contributed by atoms with Crippen molar-refractivity contribution in [2.24, 2.45) is 4.99 Å². The summed E-state index contributed by atoms with van der Waals surface area (Å²) in [7, 11) is 6.40. The average Bonchev–Trinajstić information content (AvgIpc) is 2.59. The van der Waals surface area contributed by atoms with Gasteiger partial charge >= 0.3 is 0 Å². The number of hydrogen-bond acceptors (Lipinski definition) is 5. The van der Waals surface area contributed by atoms with Gasteiger partial charge in [0.05, 0.1) is 34.1 Å². The molecule has 0 aliphatic rings. The van der Waals surface area contributed by atoms with E-state index in [1.807, 2.05) is 37.3 Å². The van der Waals surface area contributed by atoms with Gasteiger partial charge in [0.1, 0.15) is 5.75 Å².